The highest BCUT2D eigenvalue weighted by Crippen LogP contribution is 2.10. The molecule has 0 radical (unpaired) electrons. The van der Waals surface area contributed by atoms with Gasteiger partial charge < -0.3 is 20.1 Å². The highest BCUT2D eigenvalue weighted by molar-refractivity contribution is 5.79. The van der Waals surface area contributed by atoms with E-state index in [1.165, 1.54) is 16.7 Å². The first-order chi connectivity index (χ1) is 15.8. The van der Waals surface area contributed by atoms with Crippen LogP contribution in [0.4, 0.5) is 0 Å². The molecule has 3 aromatic rings. The van der Waals surface area contributed by atoms with E-state index in [-0.39, 0.29) is 0 Å². The average Bonchev–Trinajstić information content (AvgIpc) is 3.33. The first kappa shape index (κ1) is 23.5. The number of aromatic nitrogens is 2. The van der Waals surface area contributed by atoms with Gasteiger partial charge in [0.15, 0.2) is 5.96 Å². The monoisotopic (exact) mass is 435 g/mol. The van der Waals surface area contributed by atoms with Gasteiger partial charge in [-0.2, -0.15) is 5.10 Å². The SMILES string of the molecule is CCOCCOCc1cccc(CNC(=NC)NCc2ccccc2Cn2cccn2)c1. The van der Waals surface area contributed by atoms with Crippen LogP contribution in [0.3, 0.4) is 0 Å². The second-order valence-corrected chi connectivity index (χ2v) is 7.32. The molecule has 0 unspecified atom stereocenters. The van der Waals surface area contributed by atoms with E-state index >= 15 is 0 Å². The molecule has 32 heavy (non-hydrogen) atoms. The summed E-state index contributed by atoms with van der Waals surface area (Å²) in [7, 11) is 1.79. The Morgan fingerprint density at radius 2 is 1.72 bits per heavy atom. The van der Waals surface area contributed by atoms with Crippen LogP contribution in [0.25, 0.3) is 0 Å². The quantitative estimate of drug-likeness (QED) is 0.259. The number of rotatable bonds is 12. The van der Waals surface area contributed by atoms with E-state index in [0.717, 1.165) is 24.7 Å². The average molecular weight is 436 g/mol. The lowest BCUT2D eigenvalue weighted by atomic mass is 10.1. The number of aliphatic imine (C=N–C) groups is 1. The van der Waals surface area contributed by atoms with Crippen LogP contribution in [0, 0.1) is 0 Å². The zero-order valence-electron chi connectivity index (χ0n) is 19.0. The van der Waals surface area contributed by atoms with Crippen LogP contribution in [0.5, 0.6) is 0 Å². The first-order valence-corrected chi connectivity index (χ1v) is 11.0. The lowest BCUT2D eigenvalue weighted by molar-refractivity contribution is 0.0453. The zero-order chi connectivity index (χ0) is 22.4. The fourth-order valence-electron chi connectivity index (χ4n) is 3.32. The van der Waals surface area contributed by atoms with Crippen molar-refractivity contribution in [1.82, 2.24) is 20.4 Å². The van der Waals surface area contributed by atoms with Crippen LogP contribution in [-0.2, 0) is 35.7 Å². The topological polar surface area (TPSA) is 72.7 Å². The van der Waals surface area contributed by atoms with E-state index in [1.54, 1.807) is 13.2 Å². The summed E-state index contributed by atoms with van der Waals surface area (Å²) in [5, 5.41) is 11.1. The number of hydrogen-bond acceptors (Lipinski definition) is 4. The van der Waals surface area contributed by atoms with Gasteiger partial charge >= 0.3 is 0 Å². The predicted molar refractivity (Wildman–Crippen MR) is 127 cm³/mol. The van der Waals surface area contributed by atoms with Crippen molar-refractivity contribution in [2.75, 3.05) is 26.9 Å². The van der Waals surface area contributed by atoms with Crippen LogP contribution in [0.2, 0.25) is 0 Å². The standard InChI is InChI=1S/C25H33N5O2/c1-3-31-14-15-32-20-22-9-6-8-21(16-22)17-27-25(26-2)28-18-23-10-4-5-11-24(23)19-30-13-7-12-29-30/h4-13,16H,3,14-15,17-20H2,1-2H3,(H2,26,27,28). The lowest BCUT2D eigenvalue weighted by Crippen LogP contribution is -2.36. The summed E-state index contributed by atoms with van der Waals surface area (Å²) in [4.78, 5) is 4.36. The van der Waals surface area contributed by atoms with Gasteiger partial charge in [-0.15, -0.1) is 0 Å². The summed E-state index contributed by atoms with van der Waals surface area (Å²) in [5.74, 6) is 0.761. The second kappa shape index (κ2) is 13.3. The number of nitrogens with one attached hydrogen (secondary N) is 2. The largest absolute Gasteiger partial charge is 0.379 e. The molecule has 2 aromatic carbocycles. The molecular weight excluding hydrogens is 402 g/mol. The van der Waals surface area contributed by atoms with Gasteiger partial charge in [-0.1, -0.05) is 48.5 Å². The maximum absolute atomic E-state index is 5.67. The molecule has 0 aliphatic carbocycles. The van der Waals surface area contributed by atoms with Crippen LogP contribution >= 0.6 is 0 Å². The summed E-state index contributed by atoms with van der Waals surface area (Å²) in [5.41, 5.74) is 4.78. The number of ether oxygens (including phenoxy) is 2. The summed E-state index contributed by atoms with van der Waals surface area (Å²) in [6.45, 7) is 6.64. The highest BCUT2D eigenvalue weighted by Gasteiger charge is 2.05. The second-order valence-electron chi connectivity index (χ2n) is 7.32. The predicted octanol–water partition coefficient (Wildman–Crippen LogP) is 3.35. The molecule has 0 spiro atoms. The van der Waals surface area contributed by atoms with Gasteiger partial charge in [0.1, 0.15) is 0 Å². The molecule has 1 aromatic heterocycles. The van der Waals surface area contributed by atoms with E-state index in [4.69, 9.17) is 9.47 Å². The molecule has 170 valence electrons. The van der Waals surface area contributed by atoms with Crippen LogP contribution in [0.15, 0.2) is 72.0 Å². The Balaban J connectivity index is 1.48. The Morgan fingerprint density at radius 3 is 2.50 bits per heavy atom. The van der Waals surface area contributed by atoms with Crippen LogP contribution < -0.4 is 10.6 Å². The van der Waals surface area contributed by atoms with Gasteiger partial charge in [-0.25, -0.2) is 0 Å². The third-order valence-electron chi connectivity index (χ3n) is 4.98. The molecule has 7 nitrogen and oxygen atoms in total. The molecular formula is C25H33N5O2. The van der Waals surface area contributed by atoms with Crippen molar-refractivity contribution >= 4 is 5.96 Å². The third kappa shape index (κ3) is 7.83. The van der Waals surface area contributed by atoms with Crippen molar-refractivity contribution in [2.45, 2.75) is 33.2 Å². The van der Waals surface area contributed by atoms with Gasteiger partial charge in [0.25, 0.3) is 0 Å². The van der Waals surface area contributed by atoms with Gasteiger partial charge in [0.05, 0.1) is 26.4 Å². The van der Waals surface area contributed by atoms with E-state index in [0.29, 0.717) is 32.9 Å². The first-order valence-electron chi connectivity index (χ1n) is 11.0. The Hall–Kier alpha value is -3.16. The molecule has 0 saturated heterocycles. The molecule has 0 atom stereocenters. The maximum Gasteiger partial charge on any atom is 0.191 e. The van der Waals surface area contributed by atoms with Crippen molar-refractivity contribution in [3.8, 4) is 0 Å². The minimum Gasteiger partial charge on any atom is -0.379 e. The van der Waals surface area contributed by atoms with Crippen molar-refractivity contribution in [3.05, 3.63) is 89.2 Å². The number of benzene rings is 2. The molecule has 3 rings (SSSR count). The fourth-order valence-corrected chi connectivity index (χ4v) is 3.32. The Morgan fingerprint density at radius 1 is 0.938 bits per heavy atom. The fraction of sp³-hybridized carbons (Fsp3) is 0.360. The Labute approximate surface area is 190 Å². The number of guanidine groups is 1. The molecule has 0 aliphatic rings. The van der Waals surface area contributed by atoms with Gasteiger partial charge in [0.2, 0.25) is 0 Å². The van der Waals surface area contributed by atoms with Gasteiger partial charge in [0, 0.05) is 39.1 Å². The Kier molecular flexibility index (Phi) is 9.76. The van der Waals surface area contributed by atoms with Crippen LogP contribution in [0.1, 0.15) is 29.2 Å². The van der Waals surface area contributed by atoms with E-state index < -0.39 is 0 Å². The van der Waals surface area contributed by atoms with Crippen molar-refractivity contribution in [1.29, 1.82) is 0 Å². The molecule has 0 saturated carbocycles. The smallest absolute Gasteiger partial charge is 0.191 e. The molecule has 1 heterocycles. The highest BCUT2D eigenvalue weighted by atomic mass is 16.5. The molecule has 0 amide bonds. The van der Waals surface area contributed by atoms with Gasteiger partial charge in [-0.05, 0) is 35.2 Å². The molecule has 7 heteroatoms. The normalized spacial score (nSPS) is 11.5. The van der Waals surface area contributed by atoms with Crippen molar-refractivity contribution in [2.24, 2.45) is 4.99 Å². The lowest BCUT2D eigenvalue weighted by Gasteiger charge is -2.15. The number of hydrogen-bond donors (Lipinski definition) is 2. The summed E-state index contributed by atoms with van der Waals surface area (Å²) in [6, 6.07) is 18.7. The third-order valence-corrected chi connectivity index (χ3v) is 4.98. The zero-order valence-corrected chi connectivity index (χ0v) is 19.0. The molecule has 0 aliphatic heterocycles. The number of nitrogens with zero attached hydrogens (tertiary/aromatic N) is 3. The summed E-state index contributed by atoms with van der Waals surface area (Å²) in [6.07, 6.45) is 3.78. The summed E-state index contributed by atoms with van der Waals surface area (Å²) >= 11 is 0. The van der Waals surface area contributed by atoms with Crippen molar-refractivity contribution < 1.29 is 9.47 Å². The van der Waals surface area contributed by atoms with Crippen LogP contribution in [-0.4, -0.2) is 42.6 Å². The minimum atomic E-state index is 0.584. The van der Waals surface area contributed by atoms with Crippen molar-refractivity contribution in [3.63, 3.8) is 0 Å². The molecule has 2 N–H and O–H groups in total. The molecule has 0 bridgehead atoms. The van der Waals surface area contributed by atoms with E-state index in [1.807, 2.05) is 23.9 Å². The summed E-state index contributed by atoms with van der Waals surface area (Å²) < 4.78 is 12.9. The van der Waals surface area contributed by atoms with E-state index in [9.17, 15) is 0 Å². The van der Waals surface area contributed by atoms with E-state index in [2.05, 4.69) is 69.3 Å². The Bertz CT molecular complexity index is 956. The minimum absolute atomic E-state index is 0.584. The molecule has 0 fully saturated rings. The maximum atomic E-state index is 5.67. The van der Waals surface area contributed by atoms with Gasteiger partial charge in [-0.3, -0.25) is 9.67 Å².